The fraction of sp³-hybridized carbons (Fsp3) is 0.550. The van der Waals surface area contributed by atoms with E-state index in [2.05, 4.69) is 12.1 Å². The van der Waals surface area contributed by atoms with Gasteiger partial charge in [-0.3, -0.25) is 19.3 Å². The molecule has 0 bridgehead atoms. The summed E-state index contributed by atoms with van der Waals surface area (Å²) in [4.78, 5) is 38.8. The molecule has 27 heavy (non-hydrogen) atoms. The number of aryl methyl sites for hydroxylation is 1. The second-order valence-electron chi connectivity index (χ2n) is 7.45. The van der Waals surface area contributed by atoms with E-state index in [4.69, 9.17) is 0 Å². The van der Waals surface area contributed by atoms with E-state index in [-0.39, 0.29) is 41.4 Å². The summed E-state index contributed by atoms with van der Waals surface area (Å²) in [5.41, 5.74) is 0.981. The van der Waals surface area contributed by atoms with Gasteiger partial charge in [-0.05, 0) is 37.7 Å². The first-order chi connectivity index (χ1) is 13.0. The summed E-state index contributed by atoms with van der Waals surface area (Å²) in [6.07, 6.45) is 4.46. The molecule has 0 radical (unpaired) electrons. The minimum Gasteiger partial charge on any atom is -0.396 e. The molecule has 3 amide bonds. The first-order valence-corrected chi connectivity index (χ1v) is 10.4. The van der Waals surface area contributed by atoms with Gasteiger partial charge in [0.2, 0.25) is 11.8 Å². The van der Waals surface area contributed by atoms with Crippen LogP contribution in [0.5, 0.6) is 0 Å². The highest BCUT2D eigenvalue weighted by Gasteiger charge is 2.38. The Kier molecular flexibility index (Phi) is 6.55. The average molecular weight is 391 g/mol. The van der Waals surface area contributed by atoms with Crippen molar-refractivity contribution < 1.29 is 19.5 Å². The number of thioether (sulfide) groups is 1. The molecule has 0 spiro atoms. The monoisotopic (exact) mass is 390 g/mol. The number of likely N-dealkylation sites (tertiary alicyclic amines) is 1. The van der Waals surface area contributed by atoms with Gasteiger partial charge in [0, 0.05) is 18.5 Å². The van der Waals surface area contributed by atoms with Crippen LogP contribution in [0, 0.1) is 5.41 Å². The Morgan fingerprint density at radius 2 is 2.00 bits per heavy atom. The summed E-state index contributed by atoms with van der Waals surface area (Å²) < 4.78 is 0. The lowest BCUT2D eigenvalue weighted by Gasteiger charge is -2.42. The summed E-state index contributed by atoms with van der Waals surface area (Å²) >= 11 is 0.942. The zero-order valence-corrected chi connectivity index (χ0v) is 16.2. The predicted octanol–water partition coefficient (Wildman–Crippen LogP) is 2.31. The topological polar surface area (TPSA) is 77.9 Å². The van der Waals surface area contributed by atoms with Crippen LogP contribution in [0.25, 0.3) is 0 Å². The molecule has 0 unspecified atom stereocenters. The van der Waals surface area contributed by atoms with E-state index in [0.29, 0.717) is 13.1 Å². The Morgan fingerprint density at radius 3 is 2.67 bits per heavy atom. The van der Waals surface area contributed by atoms with Crippen LogP contribution in [0.15, 0.2) is 30.3 Å². The number of aliphatic hydroxyl groups excluding tert-OH is 1. The SMILES string of the molecule is O=C(CN1C(=O)CSC1=O)N1CCC[C@@](CO)(CCCc2ccccc2)C1. The van der Waals surface area contributed by atoms with Crippen molar-refractivity contribution in [1.29, 1.82) is 0 Å². The lowest BCUT2D eigenvalue weighted by atomic mass is 9.76. The van der Waals surface area contributed by atoms with Crippen LogP contribution in [0.4, 0.5) is 4.79 Å². The van der Waals surface area contributed by atoms with Gasteiger partial charge in [-0.1, -0.05) is 42.1 Å². The van der Waals surface area contributed by atoms with Crippen molar-refractivity contribution in [3.05, 3.63) is 35.9 Å². The van der Waals surface area contributed by atoms with Gasteiger partial charge in [0.05, 0.1) is 12.4 Å². The molecule has 0 aromatic heterocycles. The molecule has 146 valence electrons. The summed E-state index contributed by atoms with van der Waals surface area (Å²) in [6.45, 7) is 0.961. The Balaban J connectivity index is 1.56. The van der Waals surface area contributed by atoms with Crippen molar-refractivity contribution in [3.63, 3.8) is 0 Å². The first kappa shape index (κ1) is 19.9. The normalized spacial score (nSPS) is 23.1. The second-order valence-corrected chi connectivity index (χ2v) is 8.38. The van der Waals surface area contributed by atoms with E-state index in [0.717, 1.165) is 48.8 Å². The molecular formula is C20H26N2O4S. The highest BCUT2D eigenvalue weighted by Crippen LogP contribution is 2.35. The van der Waals surface area contributed by atoms with Crippen LogP contribution in [0.2, 0.25) is 0 Å². The average Bonchev–Trinajstić information content (AvgIpc) is 3.01. The number of hydrogen-bond donors (Lipinski definition) is 1. The number of aliphatic hydroxyl groups is 1. The molecule has 2 aliphatic heterocycles. The molecule has 1 atom stereocenters. The number of carbonyl (C=O) groups excluding carboxylic acids is 3. The van der Waals surface area contributed by atoms with Gasteiger partial charge in [-0.15, -0.1) is 0 Å². The predicted molar refractivity (Wildman–Crippen MR) is 104 cm³/mol. The van der Waals surface area contributed by atoms with E-state index in [1.54, 1.807) is 4.90 Å². The molecule has 7 heteroatoms. The van der Waals surface area contributed by atoms with E-state index in [9.17, 15) is 19.5 Å². The van der Waals surface area contributed by atoms with Gasteiger partial charge in [0.1, 0.15) is 6.54 Å². The molecule has 1 aromatic rings. The third-order valence-corrected chi connectivity index (χ3v) is 6.36. The maximum atomic E-state index is 12.6. The molecule has 6 nitrogen and oxygen atoms in total. The zero-order chi connectivity index (χ0) is 19.3. The Morgan fingerprint density at radius 1 is 1.22 bits per heavy atom. The molecule has 2 aliphatic rings. The van der Waals surface area contributed by atoms with Crippen molar-refractivity contribution >= 4 is 28.8 Å². The number of imide groups is 1. The third-order valence-electron chi connectivity index (χ3n) is 5.50. The molecule has 2 fully saturated rings. The highest BCUT2D eigenvalue weighted by atomic mass is 32.2. The van der Waals surface area contributed by atoms with E-state index < -0.39 is 0 Å². The molecule has 2 heterocycles. The zero-order valence-electron chi connectivity index (χ0n) is 15.4. The summed E-state index contributed by atoms with van der Waals surface area (Å²) in [5.74, 6) is -0.391. The molecule has 3 rings (SSSR count). The van der Waals surface area contributed by atoms with Crippen LogP contribution in [-0.4, -0.2) is 64.0 Å². The number of amides is 3. The number of piperidine rings is 1. The Hall–Kier alpha value is -1.86. The molecular weight excluding hydrogens is 364 g/mol. The summed E-state index contributed by atoms with van der Waals surface area (Å²) in [6, 6.07) is 10.3. The fourth-order valence-corrected chi connectivity index (χ4v) is 4.64. The van der Waals surface area contributed by atoms with Crippen molar-refractivity contribution in [2.45, 2.75) is 32.1 Å². The number of hydrogen-bond acceptors (Lipinski definition) is 5. The third kappa shape index (κ3) is 4.90. The minimum absolute atomic E-state index is 0.0446. The summed E-state index contributed by atoms with van der Waals surface area (Å²) in [7, 11) is 0. The van der Waals surface area contributed by atoms with Gasteiger partial charge in [0.15, 0.2) is 0 Å². The van der Waals surface area contributed by atoms with Crippen LogP contribution in [0.1, 0.15) is 31.2 Å². The van der Waals surface area contributed by atoms with Gasteiger partial charge >= 0.3 is 0 Å². The van der Waals surface area contributed by atoms with E-state index in [1.165, 1.54) is 5.56 Å². The quantitative estimate of drug-likeness (QED) is 0.773. The van der Waals surface area contributed by atoms with E-state index >= 15 is 0 Å². The maximum absolute atomic E-state index is 12.6. The highest BCUT2D eigenvalue weighted by molar-refractivity contribution is 8.14. The fourth-order valence-electron chi connectivity index (χ4n) is 3.91. The molecule has 1 aromatic carbocycles. The molecule has 0 saturated carbocycles. The van der Waals surface area contributed by atoms with E-state index in [1.807, 2.05) is 18.2 Å². The van der Waals surface area contributed by atoms with Crippen LogP contribution < -0.4 is 0 Å². The standard InChI is InChI=1S/C20H26N2O4S/c23-15-20(9-4-8-16-6-2-1-3-7-16)10-5-11-21(14-20)17(24)12-22-18(25)13-27-19(22)26/h1-3,6-7,23H,4-5,8-15H2/t20-/m0/s1. The lowest BCUT2D eigenvalue weighted by molar-refractivity contribution is -0.139. The van der Waals surface area contributed by atoms with Crippen molar-refractivity contribution in [2.24, 2.45) is 5.41 Å². The van der Waals surface area contributed by atoms with Crippen molar-refractivity contribution in [3.8, 4) is 0 Å². The molecule has 1 N–H and O–H groups in total. The van der Waals surface area contributed by atoms with Crippen molar-refractivity contribution in [2.75, 3.05) is 32.0 Å². The largest absolute Gasteiger partial charge is 0.396 e. The molecule has 0 aliphatic carbocycles. The maximum Gasteiger partial charge on any atom is 0.289 e. The number of rotatable bonds is 7. The smallest absolute Gasteiger partial charge is 0.289 e. The first-order valence-electron chi connectivity index (χ1n) is 9.43. The van der Waals surface area contributed by atoms with Crippen molar-refractivity contribution in [1.82, 2.24) is 9.80 Å². The number of nitrogens with zero attached hydrogens (tertiary/aromatic N) is 2. The van der Waals surface area contributed by atoms with Crippen LogP contribution >= 0.6 is 11.8 Å². The lowest BCUT2D eigenvalue weighted by Crippen LogP contribution is -2.51. The molecule has 2 saturated heterocycles. The summed E-state index contributed by atoms with van der Waals surface area (Å²) in [5, 5.41) is 9.70. The van der Waals surface area contributed by atoms with Crippen LogP contribution in [0.3, 0.4) is 0 Å². The van der Waals surface area contributed by atoms with Gasteiger partial charge in [-0.2, -0.15) is 0 Å². The Labute approximate surface area is 163 Å². The van der Waals surface area contributed by atoms with Gasteiger partial charge < -0.3 is 10.0 Å². The number of benzene rings is 1. The van der Waals surface area contributed by atoms with Crippen LogP contribution in [-0.2, 0) is 16.0 Å². The van der Waals surface area contributed by atoms with Gasteiger partial charge in [0.25, 0.3) is 5.24 Å². The number of carbonyl (C=O) groups is 3. The second kappa shape index (κ2) is 8.89. The van der Waals surface area contributed by atoms with Gasteiger partial charge in [-0.25, -0.2) is 0 Å². The minimum atomic E-state index is -0.346. The Bertz CT molecular complexity index is 680.